The summed E-state index contributed by atoms with van der Waals surface area (Å²) in [5.74, 6) is 0.591. The van der Waals surface area contributed by atoms with Gasteiger partial charge in [-0.2, -0.15) is 5.10 Å². The van der Waals surface area contributed by atoms with E-state index < -0.39 is 0 Å². The van der Waals surface area contributed by atoms with E-state index in [1.807, 2.05) is 44.6 Å². The predicted molar refractivity (Wildman–Crippen MR) is 88.3 cm³/mol. The maximum atomic E-state index is 12.1. The second-order valence-electron chi connectivity index (χ2n) is 5.45. The average molecular weight is 316 g/mol. The first-order valence-corrected chi connectivity index (χ1v) is 7.85. The van der Waals surface area contributed by atoms with Crippen molar-refractivity contribution < 1.29 is 9.53 Å². The molecule has 0 unspecified atom stereocenters. The molecule has 0 fully saturated rings. The molecule has 2 heterocycles. The molecule has 6 heteroatoms. The van der Waals surface area contributed by atoms with E-state index in [-0.39, 0.29) is 5.91 Å². The second-order valence-corrected chi connectivity index (χ2v) is 5.45. The van der Waals surface area contributed by atoms with Crippen molar-refractivity contribution in [2.45, 2.75) is 40.2 Å². The molecule has 2 aromatic rings. The van der Waals surface area contributed by atoms with Gasteiger partial charge in [0, 0.05) is 37.5 Å². The average Bonchev–Trinajstić information content (AvgIpc) is 2.77. The van der Waals surface area contributed by atoms with Crippen LogP contribution in [0.3, 0.4) is 0 Å². The van der Waals surface area contributed by atoms with Crippen LogP contribution in [0.4, 0.5) is 0 Å². The monoisotopic (exact) mass is 316 g/mol. The minimum absolute atomic E-state index is 0.0129. The highest BCUT2D eigenvalue weighted by atomic mass is 16.5. The van der Waals surface area contributed by atoms with E-state index >= 15 is 0 Å². The molecule has 124 valence electrons. The van der Waals surface area contributed by atoms with E-state index in [2.05, 4.69) is 15.4 Å². The topological polar surface area (TPSA) is 69.0 Å². The second kappa shape index (κ2) is 7.76. The van der Waals surface area contributed by atoms with Crippen LogP contribution < -0.4 is 10.1 Å². The smallest absolute Gasteiger partial charge is 0.220 e. The molecule has 0 bridgehead atoms. The Morgan fingerprint density at radius 1 is 1.39 bits per heavy atom. The van der Waals surface area contributed by atoms with E-state index in [1.165, 1.54) is 0 Å². The summed E-state index contributed by atoms with van der Waals surface area (Å²) in [5.41, 5.74) is 4.14. The Hall–Kier alpha value is -2.37. The van der Waals surface area contributed by atoms with E-state index in [9.17, 15) is 4.79 Å². The van der Waals surface area contributed by atoms with E-state index in [0.717, 1.165) is 22.5 Å². The normalized spacial score (nSPS) is 10.6. The molecule has 23 heavy (non-hydrogen) atoms. The van der Waals surface area contributed by atoms with Gasteiger partial charge in [-0.05, 0) is 38.8 Å². The van der Waals surface area contributed by atoms with Crippen LogP contribution in [0.15, 0.2) is 18.3 Å². The highest BCUT2D eigenvalue weighted by molar-refractivity contribution is 5.76. The third-order valence-electron chi connectivity index (χ3n) is 3.87. The number of ether oxygens (including phenoxy) is 1. The summed E-state index contributed by atoms with van der Waals surface area (Å²) >= 11 is 0. The third kappa shape index (κ3) is 4.31. The number of amides is 1. The summed E-state index contributed by atoms with van der Waals surface area (Å²) in [6, 6.07) is 3.75. The van der Waals surface area contributed by atoms with Gasteiger partial charge in [-0.3, -0.25) is 9.48 Å². The Labute approximate surface area is 136 Å². The van der Waals surface area contributed by atoms with Gasteiger partial charge in [-0.15, -0.1) is 0 Å². The number of carbonyl (C=O) groups is 1. The molecule has 0 aromatic carbocycles. The van der Waals surface area contributed by atoms with Gasteiger partial charge in [-0.25, -0.2) is 4.98 Å². The van der Waals surface area contributed by atoms with Crippen molar-refractivity contribution in [3.05, 3.63) is 40.8 Å². The van der Waals surface area contributed by atoms with Crippen LogP contribution in [0.25, 0.3) is 0 Å². The number of hydrogen-bond acceptors (Lipinski definition) is 4. The molecule has 1 N–H and O–H groups in total. The highest BCUT2D eigenvalue weighted by Crippen LogP contribution is 2.15. The van der Waals surface area contributed by atoms with Crippen molar-refractivity contribution in [3.8, 4) is 5.88 Å². The molecule has 0 atom stereocenters. The van der Waals surface area contributed by atoms with Crippen LogP contribution in [-0.2, 0) is 24.8 Å². The molecule has 0 aliphatic rings. The SMILES string of the molecule is CCOc1ncccc1CNC(=O)CCc1c(C)nn(C)c1C. The molecule has 0 saturated heterocycles. The van der Waals surface area contributed by atoms with E-state index in [0.29, 0.717) is 31.9 Å². The maximum Gasteiger partial charge on any atom is 0.220 e. The number of aryl methyl sites for hydroxylation is 2. The van der Waals surface area contributed by atoms with Gasteiger partial charge < -0.3 is 10.1 Å². The molecule has 0 aliphatic heterocycles. The minimum Gasteiger partial charge on any atom is -0.478 e. The number of nitrogens with zero attached hydrogens (tertiary/aromatic N) is 3. The summed E-state index contributed by atoms with van der Waals surface area (Å²) in [7, 11) is 1.92. The number of rotatable bonds is 7. The number of carbonyl (C=O) groups excluding carboxylic acids is 1. The van der Waals surface area contributed by atoms with Crippen LogP contribution in [0, 0.1) is 13.8 Å². The van der Waals surface area contributed by atoms with Gasteiger partial charge in [0.1, 0.15) is 0 Å². The standard InChI is InChI=1S/C17H24N4O2/c1-5-23-17-14(7-6-10-18-17)11-19-16(22)9-8-15-12(2)20-21(4)13(15)3/h6-7,10H,5,8-9,11H2,1-4H3,(H,19,22). The van der Waals surface area contributed by atoms with Crippen molar-refractivity contribution in [2.24, 2.45) is 7.05 Å². The molecule has 6 nitrogen and oxygen atoms in total. The Morgan fingerprint density at radius 3 is 2.83 bits per heavy atom. The van der Waals surface area contributed by atoms with Crippen LogP contribution in [0.5, 0.6) is 5.88 Å². The molecule has 2 aromatic heterocycles. The van der Waals surface area contributed by atoms with Gasteiger partial charge in [0.25, 0.3) is 0 Å². The van der Waals surface area contributed by atoms with E-state index in [4.69, 9.17) is 4.74 Å². The lowest BCUT2D eigenvalue weighted by Gasteiger charge is -2.10. The molecule has 0 spiro atoms. The molecule has 0 radical (unpaired) electrons. The van der Waals surface area contributed by atoms with Crippen molar-refractivity contribution in [1.82, 2.24) is 20.1 Å². The third-order valence-corrected chi connectivity index (χ3v) is 3.87. The Balaban J connectivity index is 1.88. The zero-order valence-corrected chi connectivity index (χ0v) is 14.2. The number of aromatic nitrogens is 3. The summed E-state index contributed by atoms with van der Waals surface area (Å²) in [4.78, 5) is 16.3. The Morgan fingerprint density at radius 2 is 2.17 bits per heavy atom. The summed E-state index contributed by atoms with van der Waals surface area (Å²) < 4.78 is 7.31. The first-order chi connectivity index (χ1) is 11.0. The summed E-state index contributed by atoms with van der Waals surface area (Å²) in [5, 5.41) is 7.30. The van der Waals surface area contributed by atoms with Gasteiger partial charge >= 0.3 is 0 Å². The number of pyridine rings is 1. The quantitative estimate of drug-likeness (QED) is 0.849. The first-order valence-electron chi connectivity index (χ1n) is 7.85. The summed E-state index contributed by atoms with van der Waals surface area (Å²) in [6.45, 7) is 6.89. The lowest BCUT2D eigenvalue weighted by Crippen LogP contribution is -2.23. The van der Waals surface area contributed by atoms with Gasteiger partial charge in [0.2, 0.25) is 11.8 Å². The van der Waals surface area contributed by atoms with Crippen LogP contribution in [-0.4, -0.2) is 27.3 Å². The fraction of sp³-hybridized carbons (Fsp3) is 0.471. The predicted octanol–water partition coefficient (Wildman–Crippen LogP) is 2.08. The first kappa shape index (κ1) is 17.0. The van der Waals surface area contributed by atoms with E-state index in [1.54, 1.807) is 6.20 Å². The Kier molecular flexibility index (Phi) is 5.73. The fourth-order valence-corrected chi connectivity index (χ4v) is 2.53. The van der Waals surface area contributed by atoms with Crippen molar-refractivity contribution in [2.75, 3.05) is 6.61 Å². The lowest BCUT2D eigenvalue weighted by molar-refractivity contribution is -0.121. The zero-order valence-electron chi connectivity index (χ0n) is 14.2. The van der Waals surface area contributed by atoms with Crippen molar-refractivity contribution >= 4 is 5.91 Å². The minimum atomic E-state index is 0.0129. The van der Waals surface area contributed by atoms with Gasteiger partial charge in [0.05, 0.1) is 12.3 Å². The molecule has 1 amide bonds. The Bertz CT molecular complexity index is 679. The highest BCUT2D eigenvalue weighted by Gasteiger charge is 2.12. The van der Waals surface area contributed by atoms with Gasteiger partial charge in [-0.1, -0.05) is 6.07 Å². The van der Waals surface area contributed by atoms with Crippen LogP contribution in [0.2, 0.25) is 0 Å². The molecule has 0 aliphatic carbocycles. The number of nitrogens with one attached hydrogen (secondary N) is 1. The molecule has 0 saturated carbocycles. The van der Waals surface area contributed by atoms with Gasteiger partial charge in [0.15, 0.2) is 0 Å². The molecular weight excluding hydrogens is 292 g/mol. The van der Waals surface area contributed by atoms with Crippen molar-refractivity contribution in [3.63, 3.8) is 0 Å². The largest absolute Gasteiger partial charge is 0.478 e. The maximum absolute atomic E-state index is 12.1. The summed E-state index contributed by atoms with van der Waals surface area (Å²) in [6.07, 6.45) is 2.82. The molecule has 2 rings (SSSR count). The van der Waals surface area contributed by atoms with Crippen molar-refractivity contribution in [1.29, 1.82) is 0 Å². The number of hydrogen-bond donors (Lipinski definition) is 1. The lowest BCUT2D eigenvalue weighted by atomic mass is 10.1. The zero-order chi connectivity index (χ0) is 16.8. The molecular formula is C17H24N4O2. The van der Waals surface area contributed by atoms with Crippen LogP contribution >= 0.6 is 0 Å². The fourth-order valence-electron chi connectivity index (χ4n) is 2.53. The van der Waals surface area contributed by atoms with Crippen LogP contribution in [0.1, 0.15) is 35.9 Å².